The van der Waals surface area contributed by atoms with Crippen LogP contribution in [0.5, 0.6) is 5.88 Å². The van der Waals surface area contributed by atoms with Crippen molar-refractivity contribution in [2.75, 3.05) is 0 Å². The Kier molecular flexibility index (Phi) is 3.51. The van der Waals surface area contributed by atoms with Gasteiger partial charge in [0, 0.05) is 0 Å². The van der Waals surface area contributed by atoms with Crippen LogP contribution in [0.3, 0.4) is 0 Å². The summed E-state index contributed by atoms with van der Waals surface area (Å²) in [5.74, 6) is -3.28. The first-order chi connectivity index (χ1) is 7.20. The van der Waals surface area contributed by atoms with Gasteiger partial charge in [0.25, 0.3) is 12.3 Å². The summed E-state index contributed by atoms with van der Waals surface area (Å²) in [7, 11) is 0. The average molecular weight is 266 g/mol. The van der Waals surface area contributed by atoms with Gasteiger partial charge in [-0.3, -0.25) is 0 Å². The first-order valence-corrected chi connectivity index (χ1v) is 3.98. The minimum absolute atomic E-state index is 0.421. The number of hydrogen-bond donors (Lipinski definition) is 0. The summed E-state index contributed by atoms with van der Waals surface area (Å²) in [4.78, 5) is 2.67. The first kappa shape index (κ1) is 12.9. The van der Waals surface area contributed by atoms with Crippen LogP contribution in [0, 0.1) is 5.82 Å². The standard InChI is InChI=1S/C7H2ClF6NO/c8-2-1-3(5(10)11)15-6(4(2)9)16-7(12,13)14/h1,5H. The highest BCUT2D eigenvalue weighted by Crippen LogP contribution is 2.31. The summed E-state index contributed by atoms with van der Waals surface area (Å²) < 4.78 is 75.4. The van der Waals surface area contributed by atoms with Crippen LogP contribution in [0.4, 0.5) is 26.3 Å². The largest absolute Gasteiger partial charge is 0.574 e. The Morgan fingerprint density at radius 3 is 2.31 bits per heavy atom. The molecule has 0 saturated carbocycles. The van der Waals surface area contributed by atoms with Crippen molar-refractivity contribution in [1.82, 2.24) is 4.98 Å². The Morgan fingerprint density at radius 2 is 1.88 bits per heavy atom. The maximum atomic E-state index is 12.9. The van der Waals surface area contributed by atoms with Crippen molar-refractivity contribution >= 4 is 11.6 Å². The van der Waals surface area contributed by atoms with E-state index in [0.717, 1.165) is 0 Å². The van der Waals surface area contributed by atoms with Crippen molar-refractivity contribution in [2.45, 2.75) is 12.8 Å². The number of aromatic nitrogens is 1. The molecule has 1 aromatic rings. The van der Waals surface area contributed by atoms with Gasteiger partial charge in [0.1, 0.15) is 5.69 Å². The fourth-order valence-electron chi connectivity index (χ4n) is 0.783. The molecule has 0 unspecified atom stereocenters. The highest BCUT2D eigenvalue weighted by Gasteiger charge is 2.34. The van der Waals surface area contributed by atoms with Crippen molar-refractivity contribution in [2.24, 2.45) is 0 Å². The van der Waals surface area contributed by atoms with Crippen LogP contribution in [0.15, 0.2) is 6.07 Å². The van der Waals surface area contributed by atoms with Gasteiger partial charge in [-0.05, 0) is 6.07 Å². The highest BCUT2D eigenvalue weighted by atomic mass is 35.5. The van der Waals surface area contributed by atoms with E-state index in [1.54, 1.807) is 0 Å². The summed E-state index contributed by atoms with van der Waals surface area (Å²) in [5, 5.41) is -0.926. The first-order valence-electron chi connectivity index (χ1n) is 3.60. The molecule has 0 amide bonds. The minimum atomic E-state index is -5.24. The van der Waals surface area contributed by atoms with Crippen molar-refractivity contribution in [3.05, 3.63) is 22.6 Å². The van der Waals surface area contributed by atoms with Gasteiger partial charge in [-0.25, -0.2) is 13.8 Å². The molecule has 0 aliphatic rings. The lowest BCUT2D eigenvalue weighted by Crippen LogP contribution is -2.19. The summed E-state index contributed by atoms with van der Waals surface area (Å²) in [6.45, 7) is 0. The number of alkyl halides is 5. The highest BCUT2D eigenvalue weighted by molar-refractivity contribution is 6.30. The maximum absolute atomic E-state index is 12.9. The summed E-state index contributed by atoms with van der Waals surface area (Å²) in [6, 6.07) is 0.421. The average Bonchev–Trinajstić information content (AvgIpc) is 2.10. The van der Waals surface area contributed by atoms with Crippen molar-refractivity contribution in [3.63, 3.8) is 0 Å². The predicted molar refractivity (Wildman–Crippen MR) is 40.8 cm³/mol. The fourth-order valence-corrected chi connectivity index (χ4v) is 0.976. The molecule has 0 bridgehead atoms. The molecule has 1 heterocycles. The summed E-state index contributed by atoms with van der Waals surface area (Å²) in [5.41, 5.74) is -1.11. The SMILES string of the molecule is Fc1c(Cl)cc(C(F)F)nc1OC(F)(F)F. The Bertz CT molecular complexity index is 393. The van der Waals surface area contributed by atoms with Crippen molar-refractivity contribution < 1.29 is 31.1 Å². The van der Waals surface area contributed by atoms with E-state index < -0.39 is 35.2 Å². The van der Waals surface area contributed by atoms with E-state index >= 15 is 0 Å². The smallest absolute Gasteiger partial charge is 0.385 e. The van der Waals surface area contributed by atoms with E-state index in [4.69, 9.17) is 11.6 Å². The third-order valence-corrected chi connectivity index (χ3v) is 1.61. The Labute approximate surface area is 89.8 Å². The number of nitrogens with zero attached hydrogens (tertiary/aromatic N) is 1. The van der Waals surface area contributed by atoms with Gasteiger partial charge in [-0.15, -0.1) is 13.2 Å². The number of halogens is 7. The van der Waals surface area contributed by atoms with Gasteiger partial charge >= 0.3 is 6.36 Å². The molecule has 0 fully saturated rings. The number of ether oxygens (including phenoxy) is 1. The third-order valence-electron chi connectivity index (χ3n) is 1.34. The molecule has 16 heavy (non-hydrogen) atoms. The molecule has 1 aromatic heterocycles. The van der Waals surface area contributed by atoms with E-state index in [0.29, 0.717) is 6.07 Å². The third kappa shape index (κ3) is 3.16. The van der Waals surface area contributed by atoms with E-state index in [1.165, 1.54) is 0 Å². The van der Waals surface area contributed by atoms with Crippen LogP contribution in [-0.2, 0) is 0 Å². The normalized spacial score (nSPS) is 12.0. The minimum Gasteiger partial charge on any atom is -0.385 e. The van der Waals surface area contributed by atoms with Gasteiger partial charge < -0.3 is 4.74 Å². The fraction of sp³-hybridized carbons (Fsp3) is 0.286. The Hall–Kier alpha value is -1.18. The topological polar surface area (TPSA) is 22.1 Å². The summed E-state index contributed by atoms with van der Waals surface area (Å²) in [6.07, 6.45) is -8.42. The molecular weight excluding hydrogens is 264 g/mol. The lowest BCUT2D eigenvalue weighted by Gasteiger charge is -2.10. The zero-order chi connectivity index (χ0) is 12.5. The second-order valence-electron chi connectivity index (χ2n) is 2.50. The van der Waals surface area contributed by atoms with Gasteiger partial charge in [-0.1, -0.05) is 11.6 Å². The zero-order valence-corrected chi connectivity index (χ0v) is 7.91. The van der Waals surface area contributed by atoms with Crippen LogP contribution in [-0.4, -0.2) is 11.3 Å². The second kappa shape index (κ2) is 4.36. The van der Waals surface area contributed by atoms with E-state index in [-0.39, 0.29) is 0 Å². The quantitative estimate of drug-likeness (QED) is 0.761. The van der Waals surface area contributed by atoms with Gasteiger partial charge in [-0.2, -0.15) is 4.39 Å². The van der Waals surface area contributed by atoms with Crippen molar-refractivity contribution in [1.29, 1.82) is 0 Å². The van der Waals surface area contributed by atoms with E-state index in [1.807, 2.05) is 0 Å². The van der Waals surface area contributed by atoms with E-state index in [9.17, 15) is 26.3 Å². The zero-order valence-electron chi connectivity index (χ0n) is 7.16. The van der Waals surface area contributed by atoms with Crippen LogP contribution in [0.2, 0.25) is 5.02 Å². The van der Waals surface area contributed by atoms with Gasteiger partial charge in [0.05, 0.1) is 5.02 Å². The molecule has 9 heteroatoms. The van der Waals surface area contributed by atoms with Crippen molar-refractivity contribution in [3.8, 4) is 5.88 Å². The summed E-state index contributed by atoms with van der Waals surface area (Å²) >= 11 is 5.10. The van der Waals surface area contributed by atoms with Crippen LogP contribution >= 0.6 is 11.6 Å². The molecule has 90 valence electrons. The van der Waals surface area contributed by atoms with E-state index in [2.05, 4.69) is 9.72 Å². The molecular formula is C7H2ClF6NO. The molecule has 1 rings (SSSR count). The van der Waals surface area contributed by atoms with Gasteiger partial charge in [0.2, 0.25) is 5.82 Å². The molecule has 0 aliphatic carbocycles. The van der Waals surface area contributed by atoms with Crippen LogP contribution < -0.4 is 4.74 Å². The molecule has 0 N–H and O–H groups in total. The Morgan fingerprint density at radius 1 is 1.31 bits per heavy atom. The molecule has 0 atom stereocenters. The lowest BCUT2D eigenvalue weighted by molar-refractivity contribution is -0.277. The number of rotatable bonds is 2. The predicted octanol–water partition coefficient (Wildman–Crippen LogP) is 3.71. The number of hydrogen-bond acceptors (Lipinski definition) is 2. The maximum Gasteiger partial charge on any atom is 0.574 e. The van der Waals surface area contributed by atoms with Crippen LogP contribution in [0.1, 0.15) is 12.1 Å². The second-order valence-corrected chi connectivity index (χ2v) is 2.90. The lowest BCUT2D eigenvalue weighted by atomic mass is 10.3. The Balaban J connectivity index is 3.17. The monoisotopic (exact) mass is 265 g/mol. The molecule has 2 nitrogen and oxygen atoms in total. The molecule has 0 aromatic carbocycles. The molecule has 0 saturated heterocycles. The van der Waals surface area contributed by atoms with Crippen LogP contribution in [0.25, 0.3) is 0 Å². The molecule has 0 aliphatic heterocycles. The van der Waals surface area contributed by atoms with Gasteiger partial charge in [0.15, 0.2) is 0 Å². The molecule has 0 radical (unpaired) electrons. The molecule has 0 spiro atoms. The number of pyridine rings is 1.